The third-order valence-corrected chi connectivity index (χ3v) is 2.60. The van der Waals surface area contributed by atoms with Crippen molar-refractivity contribution in [3.05, 3.63) is 0 Å². The van der Waals surface area contributed by atoms with Crippen LogP contribution in [0.3, 0.4) is 0 Å². The predicted molar refractivity (Wildman–Crippen MR) is 54.5 cm³/mol. The first-order valence-corrected chi connectivity index (χ1v) is 5.11. The van der Waals surface area contributed by atoms with Crippen molar-refractivity contribution in [2.75, 3.05) is 6.61 Å². The van der Waals surface area contributed by atoms with Crippen molar-refractivity contribution in [2.45, 2.75) is 51.3 Å². The lowest BCUT2D eigenvalue weighted by Crippen LogP contribution is -2.42. The Labute approximate surface area is 81.0 Å². The van der Waals surface area contributed by atoms with Crippen molar-refractivity contribution < 1.29 is 4.74 Å². The largest absolute Gasteiger partial charge is 0.377 e. The smallest absolute Gasteiger partial charge is 0.0726 e. The number of nitrogens with one attached hydrogen (secondary N) is 1. The Morgan fingerprint density at radius 2 is 2.46 bits per heavy atom. The van der Waals surface area contributed by atoms with Gasteiger partial charge >= 0.3 is 0 Å². The highest BCUT2D eigenvalue weighted by atomic mass is 16.5. The maximum atomic E-state index is 5.57. The molecule has 0 aliphatic carbocycles. The molecule has 1 fully saturated rings. The zero-order chi connectivity index (χ0) is 9.68. The molecule has 74 valence electrons. The molecule has 0 amide bonds. The minimum atomic E-state index is 0.194. The van der Waals surface area contributed by atoms with Crippen LogP contribution in [0.2, 0.25) is 0 Å². The van der Waals surface area contributed by atoms with Crippen LogP contribution in [0.1, 0.15) is 33.1 Å². The summed E-state index contributed by atoms with van der Waals surface area (Å²) in [5, 5.41) is 3.40. The van der Waals surface area contributed by atoms with Crippen LogP contribution in [0.5, 0.6) is 0 Å². The molecule has 3 unspecified atom stereocenters. The van der Waals surface area contributed by atoms with Gasteiger partial charge in [0.05, 0.1) is 12.1 Å². The molecule has 0 spiro atoms. The van der Waals surface area contributed by atoms with Crippen molar-refractivity contribution in [1.82, 2.24) is 5.32 Å². The quantitative estimate of drug-likeness (QED) is 0.664. The van der Waals surface area contributed by atoms with Gasteiger partial charge in [-0.25, -0.2) is 0 Å². The minimum absolute atomic E-state index is 0.194. The molecular weight excluding hydrogens is 162 g/mol. The maximum Gasteiger partial charge on any atom is 0.0726 e. The Morgan fingerprint density at radius 3 is 2.92 bits per heavy atom. The molecule has 1 saturated heterocycles. The van der Waals surface area contributed by atoms with Crippen LogP contribution >= 0.6 is 0 Å². The van der Waals surface area contributed by atoms with Crippen LogP contribution in [-0.2, 0) is 4.74 Å². The van der Waals surface area contributed by atoms with Crippen molar-refractivity contribution in [3.63, 3.8) is 0 Å². The lowest BCUT2D eigenvalue weighted by atomic mass is 10.1. The van der Waals surface area contributed by atoms with E-state index in [1.54, 1.807) is 0 Å². The van der Waals surface area contributed by atoms with Crippen LogP contribution in [0.4, 0.5) is 0 Å². The molecule has 0 aromatic heterocycles. The summed E-state index contributed by atoms with van der Waals surface area (Å²) in [7, 11) is 0. The summed E-state index contributed by atoms with van der Waals surface area (Å²) in [6, 6.07) is 0.572. The fraction of sp³-hybridized carbons (Fsp3) is 0.818. The highest BCUT2D eigenvalue weighted by molar-refractivity contribution is 4.99. The maximum absolute atomic E-state index is 5.57. The third kappa shape index (κ3) is 3.02. The molecule has 2 heteroatoms. The van der Waals surface area contributed by atoms with Gasteiger partial charge in [0.1, 0.15) is 0 Å². The van der Waals surface area contributed by atoms with Gasteiger partial charge in [-0.15, -0.1) is 6.42 Å². The third-order valence-electron chi connectivity index (χ3n) is 2.60. The molecule has 1 aliphatic heterocycles. The number of ether oxygens (including phenoxy) is 1. The van der Waals surface area contributed by atoms with Crippen LogP contribution in [0.15, 0.2) is 0 Å². The zero-order valence-electron chi connectivity index (χ0n) is 8.55. The summed E-state index contributed by atoms with van der Waals surface area (Å²) in [5.41, 5.74) is 0. The fourth-order valence-electron chi connectivity index (χ4n) is 1.71. The topological polar surface area (TPSA) is 21.3 Å². The Balaban J connectivity index is 2.30. The van der Waals surface area contributed by atoms with E-state index in [9.17, 15) is 0 Å². The van der Waals surface area contributed by atoms with Crippen LogP contribution in [0, 0.1) is 12.3 Å². The Kier molecular flexibility index (Phi) is 4.27. The summed E-state index contributed by atoms with van der Waals surface area (Å²) < 4.78 is 5.57. The van der Waals surface area contributed by atoms with E-state index >= 15 is 0 Å². The molecule has 1 N–H and O–H groups in total. The lowest BCUT2D eigenvalue weighted by molar-refractivity contribution is 0.0817. The molecule has 2 nitrogen and oxygen atoms in total. The van der Waals surface area contributed by atoms with Gasteiger partial charge in [0.2, 0.25) is 0 Å². The van der Waals surface area contributed by atoms with E-state index in [0.29, 0.717) is 12.1 Å². The second-order valence-electron chi connectivity index (χ2n) is 3.63. The average Bonchev–Trinajstić information content (AvgIpc) is 2.66. The fourth-order valence-corrected chi connectivity index (χ4v) is 1.71. The zero-order valence-corrected chi connectivity index (χ0v) is 8.55. The van der Waals surface area contributed by atoms with E-state index in [2.05, 4.69) is 25.1 Å². The van der Waals surface area contributed by atoms with E-state index in [4.69, 9.17) is 11.2 Å². The monoisotopic (exact) mass is 181 g/mol. The summed E-state index contributed by atoms with van der Waals surface area (Å²) in [6.45, 7) is 5.15. The second kappa shape index (κ2) is 5.26. The first-order chi connectivity index (χ1) is 6.27. The van der Waals surface area contributed by atoms with Crippen molar-refractivity contribution in [1.29, 1.82) is 0 Å². The van der Waals surface area contributed by atoms with Crippen molar-refractivity contribution in [2.24, 2.45) is 0 Å². The molecule has 1 aliphatic rings. The van der Waals surface area contributed by atoms with E-state index in [-0.39, 0.29) is 6.04 Å². The Morgan fingerprint density at radius 1 is 1.69 bits per heavy atom. The lowest BCUT2D eigenvalue weighted by Gasteiger charge is -2.23. The SMILES string of the molecule is C#CC(CC)NC(C)C1CCCO1. The van der Waals surface area contributed by atoms with Crippen molar-refractivity contribution in [3.8, 4) is 12.3 Å². The Bertz CT molecular complexity index is 179. The number of hydrogen-bond acceptors (Lipinski definition) is 2. The van der Waals surface area contributed by atoms with E-state index in [1.165, 1.54) is 6.42 Å². The molecule has 1 rings (SSSR count). The molecule has 0 radical (unpaired) electrons. The van der Waals surface area contributed by atoms with Gasteiger partial charge in [-0.05, 0) is 26.2 Å². The van der Waals surface area contributed by atoms with Crippen LogP contribution in [0.25, 0.3) is 0 Å². The molecule has 0 bridgehead atoms. The molecule has 0 aromatic rings. The molecule has 0 saturated carbocycles. The van der Waals surface area contributed by atoms with Crippen molar-refractivity contribution >= 4 is 0 Å². The summed E-state index contributed by atoms with van der Waals surface area (Å²) in [5.74, 6) is 2.74. The average molecular weight is 181 g/mol. The summed E-state index contributed by atoms with van der Waals surface area (Å²) in [6.07, 6.45) is 9.07. The first-order valence-electron chi connectivity index (χ1n) is 5.11. The summed E-state index contributed by atoms with van der Waals surface area (Å²) in [4.78, 5) is 0. The van der Waals surface area contributed by atoms with E-state index < -0.39 is 0 Å². The first kappa shape index (κ1) is 10.6. The highest BCUT2D eigenvalue weighted by Gasteiger charge is 2.23. The van der Waals surface area contributed by atoms with Gasteiger partial charge in [0, 0.05) is 12.6 Å². The Hall–Kier alpha value is -0.520. The predicted octanol–water partition coefficient (Wildman–Crippen LogP) is 1.56. The number of rotatable bonds is 4. The van der Waals surface area contributed by atoms with Gasteiger partial charge in [-0.2, -0.15) is 0 Å². The normalized spacial score (nSPS) is 26.7. The molecule has 13 heavy (non-hydrogen) atoms. The summed E-state index contributed by atoms with van der Waals surface area (Å²) >= 11 is 0. The van der Waals surface area contributed by atoms with Crippen LogP contribution < -0.4 is 5.32 Å². The van der Waals surface area contributed by atoms with Crippen LogP contribution in [-0.4, -0.2) is 24.8 Å². The highest BCUT2D eigenvalue weighted by Crippen LogP contribution is 2.15. The van der Waals surface area contributed by atoms with E-state index in [1.807, 2.05) is 0 Å². The molecule has 1 heterocycles. The van der Waals surface area contributed by atoms with E-state index in [0.717, 1.165) is 19.4 Å². The minimum Gasteiger partial charge on any atom is -0.377 e. The standard InChI is InChI=1S/C11H19NO/c1-4-10(5-2)12-9(3)11-7-6-8-13-11/h1,9-12H,5-8H2,2-3H3. The number of terminal acetylenes is 1. The molecule has 3 atom stereocenters. The second-order valence-corrected chi connectivity index (χ2v) is 3.63. The molecule has 0 aromatic carbocycles. The number of hydrogen-bond donors (Lipinski definition) is 1. The van der Waals surface area contributed by atoms with Gasteiger partial charge in [0.15, 0.2) is 0 Å². The van der Waals surface area contributed by atoms with Gasteiger partial charge in [0.25, 0.3) is 0 Å². The van der Waals surface area contributed by atoms with Gasteiger partial charge < -0.3 is 4.74 Å². The van der Waals surface area contributed by atoms with Gasteiger partial charge in [-0.3, -0.25) is 5.32 Å². The molecular formula is C11H19NO. The van der Waals surface area contributed by atoms with Gasteiger partial charge in [-0.1, -0.05) is 12.8 Å².